The van der Waals surface area contributed by atoms with Crippen LogP contribution in [0.25, 0.3) is 0 Å². The first-order valence-electron chi connectivity index (χ1n) is 7.82. The second-order valence-corrected chi connectivity index (χ2v) is 5.86. The molecule has 3 rings (SSSR count). The van der Waals surface area contributed by atoms with Gasteiger partial charge in [-0.2, -0.15) is 0 Å². The van der Waals surface area contributed by atoms with E-state index in [2.05, 4.69) is 28.6 Å². The maximum absolute atomic E-state index is 6.05. The lowest BCUT2D eigenvalue weighted by Crippen LogP contribution is -2.50. The molecule has 21 heavy (non-hydrogen) atoms. The third-order valence-corrected chi connectivity index (χ3v) is 4.49. The molecule has 1 aliphatic heterocycles. The molecule has 0 N–H and O–H groups in total. The SMILES string of the molecule is C=CCOC[C@@H]1CC[C@@H]2[C@@H]1OCCN2Cc1ccccn1. The Kier molecular flexibility index (Phi) is 5.01. The summed E-state index contributed by atoms with van der Waals surface area (Å²) in [4.78, 5) is 6.98. The normalized spacial score (nSPS) is 29.2. The highest BCUT2D eigenvalue weighted by atomic mass is 16.5. The van der Waals surface area contributed by atoms with Crippen LogP contribution in [0.5, 0.6) is 0 Å². The topological polar surface area (TPSA) is 34.6 Å². The highest BCUT2D eigenvalue weighted by Gasteiger charge is 2.42. The van der Waals surface area contributed by atoms with Crippen molar-refractivity contribution in [3.05, 3.63) is 42.7 Å². The third-order valence-electron chi connectivity index (χ3n) is 4.49. The van der Waals surface area contributed by atoms with Crippen LogP contribution in [0.4, 0.5) is 0 Å². The second-order valence-electron chi connectivity index (χ2n) is 5.86. The van der Waals surface area contributed by atoms with Crippen molar-refractivity contribution in [3.8, 4) is 0 Å². The molecule has 0 spiro atoms. The van der Waals surface area contributed by atoms with Crippen LogP contribution in [0.3, 0.4) is 0 Å². The fraction of sp³-hybridized carbons (Fsp3) is 0.588. The summed E-state index contributed by atoms with van der Waals surface area (Å²) in [5.74, 6) is 0.515. The smallest absolute Gasteiger partial charge is 0.0781 e. The number of hydrogen-bond acceptors (Lipinski definition) is 4. The number of morpholine rings is 1. The molecule has 2 heterocycles. The monoisotopic (exact) mass is 288 g/mol. The Balaban J connectivity index is 1.59. The van der Waals surface area contributed by atoms with Gasteiger partial charge in [-0.15, -0.1) is 6.58 Å². The molecule has 114 valence electrons. The predicted molar refractivity (Wildman–Crippen MR) is 81.9 cm³/mol. The van der Waals surface area contributed by atoms with Gasteiger partial charge in [0.1, 0.15) is 0 Å². The molecule has 0 amide bonds. The molecule has 0 radical (unpaired) electrons. The number of ether oxygens (including phenoxy) is 2. The quantitative estimate of drug-likeness (QED) is 0.594. The van der Waals surface area contributed by atoms with Crippen LogP contribution in [-0.2, 0) is 16.0 Å². The van der Waals surface area contributed by atoms with E-state index in [1.807, 2.05) is 18.3 Å². The van der Waals surface area contributed by atoms with Crippen LogP contribution < -0.4 is 0 Å². The van der Waals surface area contributed by atoms with E-state index in [0.717, 1.165) is 32.0 Å². The van der Waals surface area contributed by atoms with E-state index in [9.17, 15) is 0 Å². The van der Waals surface area contributed by atoms with Gasteiger partial charge < -0.3 is 9.47 Å². The van der Waals surface area contributed by atoms with Gasteiger partial charge in [0.15, 0.2) is 0 Å². The fourth-order valence-corrected chi connectivity index (χ4v) is 3.51. The van der Waals surface area contributed by atoms with Crippen LogP contribution >= 0.6 is 0 Å². The maximum atomic E-state index is 6.05. The molecule has 2 fully saturated rings. The Morgan fingerprint density at radius 1 is 1.43 bits per heavy atom. The van der Waals surface area contributed by atoms with Crippen LogP contribution in [0.2, 0.25) is 0 Å². The summed E-state index contributed by atoms with van der Waals surface area (Å²) in [7, 11) is 0. The van der Waals surface area contributed by atoms with Crippen molar-refractivity contribution < 1.29 is 9.47 Å². The van der Waals surface area contributed by atoms with E-state index in [0.29, 0.717) is 24.7 Å². The first-order chi connectivity index (χ1) is 10.4. The number of fused-ring (bicyclic) bond motifs is 1. The van der Waals surface area contributed by atoms with Crippen molar-refractivity contribution in [1.29, 1.82) is 0 Å². The van der Waals surface area contributed by atoms with Gasteiger partial charge in [-0.05, 0) is 25.0 Å². The predicted octanol–water partition coefficient (Wildman–Crippen LogP) is 2.26. The summed E-state index contributed by atoms with van der Waals surface area (Å²) in [6, 6.07) is 6.64. The van der Waals surface area contributed by atoms with Gasteiger partial charge in [0.25, 0.3) is 0 Å². The zero-order chi connectivity index (χ0) is 14.5. The Bertz CT molecular complexity index is 451. The lowest BCUT2D eigenvalue weighted by Gasteiger charge is -2.39. The van der Waals surface area contributed by atoms with Crippen molar-refractivity contribution in [2.75, 3.05) is 26.4 Å². The Morgan fingerprint density at radius 2 is 2.38 bits per heavy atom. The zero-order valence-electron chi connectivity index (χ0n) is 12.5. The van der Waals surface area contributed by atoms with Crippen molar-refractivity contribution >= 4 is 0 Å². The Hall–Kier alpha value is -1.23. The van der Waals surface area contributed by atoms with E-state index in [1.54, 1.807) is 0 Å². The maximum Gasteiger partial charge on any atom is 0.0781 e. The molecule has 0 unspecified atom stereocenters. The molecule has 4 nitrogen and oxygen atoms in total. The molecule has 1 aliphatic carbocycles. The van der Waals surface area contributed by atoms with Crippen LogP contribution in [0.1, 0.15) is 18.5 Å². The lowest BCUT2D eigenvalue weighted by atomic mass is 10.0. The summed E-state index contributed by atoms with van der Waals surface area (Å²) < 4.78 is 11.7. The molecule has 0 aromatic carbocycles. The van der Waals surface area contributed by atoms with E-state index >= 15 is 0 Å². The van der Waals surface area contributed by atoms with Crippen molar-refractivity contribution in [3.63, 3.8) is 0 Å². The van der Waals surface area contributed by atoms with E-state index in [1.165, 1.54) is 12.8 Å². The van der Waals surface area contributed by atoms with Crippen molar-refractivity contribution in [1.82, 2.24) is 9.88 Å². The molecule has 0 bridgehead atoms. The van der Waals surface area contributed by atoms with Gasteiger partial charge in [-0.25, -0.2) is 0 Å². The molecule has 1 aromatic rings. The lowest BCUT2D eigenvalue weighted by molar-refractivity contribution is -0.0871. The highest BCUT2D eigenvalue weighted by molar-refractivity contribution is 5.05. The standard InChI is InChI=1S/C17H24N2O2/c1-2-10-20-13-14-6-7-16-17(14)21-11-9-19(16)12-15-5-3-4-8-18-15/h2-5,8,14,16-17H,1,6-7,9-13H2/t14-,16+,17+/m0/s1. The average molecular weight is 288 g/mol. The molecule has 1 saturated heterocycles. The third kappa shape index (κ3) is 3.51. The summed E-state index contributed by atoms with van der Waals surface area (Å²) >= 11 is 0. The Morgan fingerprint density at radius 3 is 3.19 bits per heavy atom. The molecular weight excluding hydrogens is 264 g/mol. The van der Waals surface area contributed by atoms with Gasteiger partial charge in [0.2, 0.25) is 0 Å². The van der Waals surface area contributed by atoms with Crippen LogP contribution in [-0.4, -0.2) is 48.4 Å². The second kappa shape index (κ2) is 7.16. The van der Waals surface area contributed by atoms with Gasteiger partial charge >= 0.3 is 0 Å². The highest BCUT2D eigenvalue weighted by Crippen LogP contribution is 2.35. The van der Waals surface area contributed by atoms with E-state index in [4.69, 9.17) is 9.47 Å². The molecule has 1 saturated carbocycles. The first kappa shape index (κ1) is 14.7. The van der Waals surface area contributed by atoms with Gasteiger partial charge in [0.05, 0.1) is 31.6 Å². The number of nitrogens with zero attached hydrogens (tertiary/aromatic N) is 2. The van der Waals surface area contributed by atoms with E-state index < -0.39 is 0 Å². The minimum atomic E-state index is 0.312. The Labute approximate surface area is 126 Å². The molecule has 4 heteroatoms. The summed E-state index contributed by atoms with van der Waals surface area (Å²) in [5.41, 5.74) is 1.14. The largest absolute Gasteiger partial charge is 0.377 e. The average Bonchev–Trinajstić information content (AvgIpc) is 2.93. The number of aromatic nitrogens is 1. The van der Waals surface area contributed by atoms with E-state index in [-0.39, 0.29) is 0 Å². The summed E-state index contributed by atoms with van der Waals surface area (Å²) in [6.45, 7) is 7.84. The summed E-state index contributed by atoms with van der Waals surface area (Å²) in [6.07, 6.45) is 6.37. The molecular formula is C17H24N2O2. The minimum absolute atomic E-state index is 0.312. The summed E-state index contributed by atoms with van der Waals surface area (Å²) in [5, 5.41) is 0. The van der Waals surface area contributed by atoms with Gasteiger partial charge in [0, 0.05) is 31.2 Å². The van der Waals surface area contributed by atoms with Crippen molar-refractivity contribution in [2.24, 2.45) is 5.92 Å². The molecule has 2 aliphatic rings. The minimum Gasteiger partial charge on any atom is -0.377 e. The number of hydrogen-bond donors (Lipinski definition) is 0. The number of rotatable bonds is 6. The zero-order valence-corrected chi connectivity index (χ0v) is 12.5. The van der Waals surface area contributed by atoms with Gasteiger partial charge in [-0.3, -0.25) is 9.88 Å². The van der Waals surface area contributed by atoms with Crippen molar-refractivity contribution in [2.45, 2.75) is 31.5 Å². The number of pyridine rings is 1. The molecule has 3 atom stereocenters. The van der Waals surface area contributed by atoms with Crippen LogP contribution in [0.15, 0.2) is 37.1 Å². The van der Waals surface area contributed by atoms with Gasteiger partial charge in [-0.1, -0.05) is 12.1 Å². The first-order valence-corrected chi connectivity index (χ1v) is 7.82. The fourth-order valence-electron chi connectivity index (χ4n) is 3.51. The van der Waals surface area contributed by atoms with Crippen LogP contribution in [0, 0.1) is 5.92 Å². The molecule has 1 aromatic heterocycles.